The first kappa shape index (κ1) is 10.9. The van der Waals surface area contributed by atoms with Crippen molar-refractivity contribution in [3.63, 3.8) is 0 Å². The summed E-state index contributed by atoms with van der Waals surface area (Å²) in [5.41, 5.74) is -0.0337. The van der Waals surface area contributed by atoms with Gasteiger partial charge in [0.15, 0.2) is 0 Å². The largest absolute Gasteiger partial charge is 0.335 e. The topological polar surface area (TPSA) is 35.6 Å². The molecule has 2 heterocycles. The lowest BCUT2D eigenvalue weighted by Crippen LogP contribution is -2.65. The molecule has 0 aromatic carbocycles. The van der Waals surface area contributed by atoms with Gasteiger partial charge in [-0.2, -0.15) is 0 Å². The maximum Gasteiger partial charge on any atom is 0.240 e. The number of carbonyl (C=O) groups excluding carboxylic acids is 1. The maximum absolute atomic E-state index is 12.3. The van der Waals surface area contributed by atoms with E-state index in [0.717, 1.165) is 32.7 Å². The number of piperazine rings is 1. The van der Waals surface area contributed by atoms with Crippen LogP contribution in [0.25, 0.3) is 0 Å². The molecule has 0 spiro atoms. The molecule has 2 aliphatic heterocycles. The van der Waals surface area contributed by atoms with Gasteiger partial charge in [-0.1, -0.05) is 0 Å². The Morgan fingerprint density at radius 1 is 1.33 bits per heavy atom. The average molecular weight is 211 g/mol. The van der Waals surface area contributed by atoms with Crippen molar-refractivity contribution in [2.45, 2.75) is 38.8 Å². The van der Waals surface area contributed by atoms with Crippen LogP contribution in [-0.2, 0) is 4.79 Å². The van der Waals surface area contributed by atoms with Gasteiger partial charge >= 0.3 is 0 Å². The molecule has 0 aromatic rings. The molecule has 4 heteroatoms. The van der Waals surface area contributed by atoms with E-state index in [1.165, 1.54) is 0 Å². The van der Waals surface area contributed by atoms with Crippen LogP contribution in [0.4, 0.5) is 0 Å². The Morgan fingerprint density at radius 2 is 2.07 bits per heavy atom. The van der Waals surface area contributed by atoms with Crippen molar-refractivity contribution < 1.29 is 4.79 Å². The zero-order valence-corrected chi connectivity index (χ0v) is 9.92. The zero-order chi connectivity index (χ0) is 11.1. The molecule has 0 aliphatic carbocycles. The van der Waals surface area contributed by atoms with Crippen molar-refractivity contribution in [2.75, 3.05) is 26.3 Å². The van der Waals surface area contributed by atoms with Gasteiger partial charge in [0.1, 0.15) is 0 Å². The van der Waals surface area contributed by atoms with Crippen molar-refractivity contribution in [3.8, 4) is 0 Å². The molecule has 1 unspecified atom stereocenters. The Balaban J connectivity index is 2.11. The molecule has 2 saturated heterocycles. The van der Waals surface area contributed by atoms with Crippen molar-refractivity contribution in [3.05, 3.63) is 0 Å². The third-order valence-corrected chi connectivity index (χ3v) is 3.32. The molecule has 4 nitrogen and oxygen atoms in total. The fraction of sp³-hybridized carbons (Fsp3) is 0.909. The highest BCUT2D eigenvalue weighted by molar-refractivity contribution is 5.83. The summed E-state index contributed by atoms with van der Waals surface area (Å²) in [4.78, 5) is 16.5. The summed E-state index contributed by atoms with van der Waals surface area (Å²) >= 11 is 0. The number of nitrogens with zero attached hydrogens (tertiary/aromatic N) is 2. The van der Waals surface area contributed by atoms with Crippen LogP contribution < -0.4 is 5.32 Å². The van der Waals surface area contributed by atoms with Crippen LogP contribution in [0.3, 0.4) is 0 Å². The van der Waals surface area contributed by atoms with Crippen LogP contribution in [-0.4, -0.2) is 53.6 Å². The first-order chi connectivity index (χ1) is 7.00. The van der Waals surface area contributed by atoms with Gasteiger partial charge in [0.25, 0.3) is 0 Å². The lowest BCUT2D eigenvalue weighted by Gasteiger charge is -2.47. The SMILES string of the molecule is CC(C)(C)N1CCN2CNCCC2C1=O. The van der Waals surface area contributed by atoms with Crippen LogP contribution in [0.5, 0.6) is 0 Å². The lowest BCUT2D eigenvalue weighted by molar-refractivity contribution is -0.149. The monoisotopic (exact) mass is 211 g/mol. The molecule has 1 atom stereocenters. The Morgan fingerprint density at radius 3 is 2.73 bits per heavy atom. The van der Waals surface area contributed by atoms with Crippen LogP contribution in [0.15, 0.2) is 0 Å². The van der Waals surface area contributed by atoms with Crippen molar-refractivity contribution in [2.24, 2.45) is 0 Å². The highest BCUT2D eigenvalue weighted by Crippen LogP contribution is 2.22. The summed E-state index contributed by atoms with van der Waals surface area (Å²) in [5, 5.41) is 3.31. The van der Waals surface area contributed by atoms with E-state index in [0.29, 0.717) is 5.91 Å². The Labute approximate surface area is 91.6 Å². The molecule has 0 bridgehead atoms. The number of hydrogen-bond donors (Lipinski definition) is 1. The fourth-order valence-electron chi connectivity index (χ4n) is 2.45. The quantitative estimate of drug-likeness (QED) is 0.624. The van der Waals surface area contributed by atoms with Crippen LogP contribution in [0.2, 0.25) is 0 Å². The number of amides is 1. The summed E-state index contributed by atoms with van der Waals surface area (Å²) in [7, 11) is 0. The van der Waals surface area contributed by atoms with E-state index in [4.69, 9.17) is 0 Å². The fourth-order valence-corrected chi connectivity index (χ4v) is 2.45. The van der Waals surface area contributed by atoms with Crippen molar-refractivity contribution in [1.82, 2.24) is 15.1 Å². The average Bonchev–Trinajstić information content (AvgIpc) is 2.16. The third-order valence-electron chi connectivity index (χ3n) is 3.32. The molecule has 2 rings (SSSR count). The molecule has 15 heavy (non-hydrogen) atoms. The van der Waals surface area contributed by atoms with Gasteiger partial charge < -0.3 is 10.2 Å². The van der Waals surface area contributed by atoms with Gasteiger partial charge in [0.05, 0.1) is 6.04 Å². The summed E-state index contributed by atoms with van der Waals surface area (Å²) in [6.07, 6.45) is 0.950. The number of rotatable bonds is 0. The van der Waals surface area contributed by atoms with E-state index in [1.54, 1.807) is 0 Å². The summed E-state index contributed by atoms with van der Waals surface area (Å²) in [5.74, 6) is 0.315. The Kier molecular flexibility index (Phi) is 2.73. The third kappa shape index (κ3) is 2.01. The second-order valence-corrected chi connectivity index (χ2v) is 5.44. The molecular formula is C11H21N3O. The van der Waals surface area contributed by atoms with E-state index in [2.05, 4.69) is 31.0 Å². The van der Waals surface area contributed by atoms with E-state index < -0.39 is 0 Å². The van der Waals surface area contributed by atoms with Gasteiger partial charge in [-0.25, -0.2) is 0 Å². The smallest absolute Gasteiger partial charge is 0.240 e. The Hall–Kier alpha value is -0.610. The van der Waals surface area contributed by atoms with Crippen LogP contribution >= 0.6 is 0 Å². The van der Waals surface area contributed by atoms with Gasteiger partial charge in [-0.05, 0) is 33.7 Å². The predicted octanol–water partition coefficient (Wildman–Crippen LogP) is 0.249. The van der Waals surface area contributed by atoms with E-state index in [9.17, 15) is 4.79 Å². The molecule has 86 valence electrons. The highest BCUT2D eigenvalue weighted by atomic mass is 16.2. The van der Waals surface area contributed by atoms with Crippen molar-refractivity contribution in [1.29, 1.82) is 0 Å². The number of nitrogens with one attached hydrogen (secondary N) is 1. The van der Waals surface area contributed by atoms with Gasteiger partial charge in [-0.15, -0.1) is 0 Å². The predicted molar refractivity (Wildman–Crippen MR) is 59.4 cm³/mol. The van der Waals surface area contributed by atoms with E-state index in [-0.39, 0.29) is 11.6 Å². The molecule has 1 N–H and O–H groups in total. The molecule has 0 aromatic heterocycles. The molecule has 0 saturated carbocycles. The minimum Gasteiger partial charge on any atom is -0.335 e. The number of fused-ring (bicyclic) bond motifs is 1. The van der Waals surface area contributed by atoms with Crippen LogP contribution in [0.1, 0.15) is 27.2 Å². The Bertz CT molecular complexity index is 259. The number of carbonyl (C=O) groups is 1. The molecule has 2 fully saturated rings. The summed E-state index contributed by atoms with van der Waals surface area (Å²) in [6, 6.07) is 0.124. The zero-order valence-electron chi connectivity index (χ0n) is 9.92. The highest BCUT2D eigenvalue weighted by Gasteiger charge is 2.39. The molecular weight excluding hydrogens is 190 g/mol. The van der Waals surface area contributed by atoms with Crippen LogP contribution in [0, 0.1) is 0 Å². The van der Waals surface area contributed by atoms with E-state index >= 15 is 0 Å². The van der Waals surface area contributed by atoms with Gasteiger partial charge in [-0.3, -0.25) is 9.69 Å². The molecule has 2 aliphatic rings. The minimum atomic E-state index is -0.0337. The number of hydrogen-bond acceptors (Lipinski definition) is 3. The second kappa shape index (κ2) is 3.76. The lowest BCUT2D eigenvalue weighted by atomic mass is 9.99. The standard InChI is InChI=1S/C11H21N3O/c1-11(2,3)14-7-6-13-8-12-5-4-9(13)10(14)15/h9,12H,4-8H2,1-3H3. The molecule has 0 radical (unpaired) electrons. The maximum atomic E-state index is 12.3. The van der Waals surface area contributed by atoms with Gasteiger partial charge in [0, 0.05) is 25.3 Å². The van der Waals surface area contributed by atoms with Gasteiger partial charge in [0.2, 0.25) is 5.91 Å². The van der Waals surface area contributed by atoms with Crippen molar-refractivity contribution >= 4 is 5.91 Å². The summed E-state index contributed by atoms with van der Waals surface area (Å²) < 4.78 is 0. The first-order valence-corrected chi connectivity index (χ1v) is 5.76. The normalized spacial score (nSPS) is 29.1. The summed E-state index contributed by atoms with van der Waals surface area (Å²) in [6.45, 7) is 10.0. The second-order valence-electron chi connectivity index (χ2n) is 5.44. The minimum absolute atomic E-state index is 0.0337. The molecule has 1 amide bonds. The first-order valence-electron chi connectivity index (χ1n) is 5.76. The van der Waals surface area contributed by atoms with E-state index in [1.807, 2.05) is 4.90 Å².